The molecule has 3 aromatic rings. The van der Waals surface area contributed by atoms with E-state index in [2.05, 4.69) is 14.5 Å². The molecule has 1 aromatic carbocycles. The van der Waals surface area contributed by atoms with Gasteiger partial charge in [0.25, 0.3) is 0 Å². The number of aromatic amines is 1. The molecule has 0 amide bonds. The lowest BCUT2D eigenvalue weighted by Crippen LogP contribution is -2.00. The number of hydrogen-bond donors (Lipinski definition) is 4. The number of rotatable bonds is 7. The van der Waals surface area contributed by atoms with Crippen LogP contribution in [0.25, 0.3) is 17.0 Å². The number of aryl methyl sites for hydroxylation is 1. The molecular weight excluding hydrogens is 383 g/mol. The molecule has 0 saturated heterocycles. The van der Waals surface area contributed by atoms with Gasteiger partial charge in [-0.1, -0.05) is 18.2 Å². The van der Waals surface area contributed by atoms with Gasteiger partial charge in [0.2, 0.25) is 0 Å². The van der Waals surface area contributed by atoms with Crippen molar-refractivity contribution in [2.24, 2.45) is 0 Å². The number of ketones is 1. The van der Waals surface area contributed by atoms with E-state index >= 15 is 0 Å². The number of para-hydroxylation sites is 1. The summed E-state index contributed by atoms with van der Waals surface area (Å²) in [6.07, 6.45) is 6.01. The molecule has 0 atom stereocenters. The highest BCUT2D eigenvalue weighted by atomic mass is 31.2. The number of phosphoric ester groups is 1. The quantitative estimate of drug-likeness (QED) is 0.353. The predicted molar refractivity (Wildman–Crippen MR) is 104 cm³/mol. The maximum atomic E-state index is 12.4. The van der Waals surface area contributed by atoms with Gasteiger partial charge in [0.05, 0.1) is 12.3 Å². The van der Waals surface area contributed by atoms with Gasteiger partial charge in [0, 0.05) is 40.8 Å². The van der Waals surface area contributed by atoms with Crippen LogP contribution < -0.4 is 0 Å². The normalized spacial score (nSPS) is 12.1. The minimum absolute atomic E-state index is 0.166. The monoisotopic (exact) mass is 402 g/mol. The molecular formula is C19H19N2O6P. The highest BCUT2D eigenvalue weighted by Gasteiger charge is 2.17. The number of aromatic hydroxyl groups is 1. The van der Waals surface area contributed by atoms with Crippen molar-refractivity contribution in [2.45, 2.75) is 20.0 Å². The lowest BCUT2D eigenvalue weighted by molar-refractivity contribution is -0.113. The van der Waals surface area contributed by atoms with Crippen LogP contribution in [-0.2, 0) is 26.9 Å². The fraction of sp³-hybridized carbons (Fsp3) is 0.158. The molecule has 3 rings (SSSR count). The Labute approximate surface area is 160 Å². The third-order valence-electron chi connectivity index (χ3n) is 4.22. The molecule has 9 heteroatoms. The summed E-state index contributed by atoms with van der Waals surface area (Å²) in [6, 6.07) is 7.64. The number of hydrogen-bond acceptors (Lipinski definition) is 5. The van der Waals surface area contributed by atoms with Crippen molar-refractivity contribution in [1.82, 2.24) is 9.97 Å². The van der Waals surface area contributed by atoms with Crippen molar-refractivity contribution in [3.63, 3.8) is 0 Å². The first-order chi connectivity index (χ1) is 13.2. The summed E-state index contributed by atoms with van der Waals surface area (Å²) >= 11 is 0. The minimum atomic E-state index is -4.68. The van der Waals surface area contributed by atoms with Crippen molar-refractivity contribution >= 4 is 30.6 Å². The van der Waals surface area contributed by atoms with E-state index in [1.165, 1.54) is 18.3 Å². The molecule has 0 aliphatic heterocycles. The van der Waals surface area contributed by atoms with Gasteiger partial charge in [0.1, 0.15) is 5.75 Å². The van der Waals surface area contributed by atoms with Gasteiger partial charge in [-0.15, -0.1) is 0 Å². The first kappa shape index (κ1) is 20.0. The van der Waals surface area contributed by atoms with Crippen LogP contribution in [0.2, 0.25) is 0 Å². The van der Waals surface area contributed by atoms with Crippen molar-refractivity contribution < 1.29 is 28.8 Å². The summed E-state index contributed by atoms with van der Waals surface area (Å²) in [5.74, 6) is -0.372. The molecule has 0 radical (unpaired) electrons. The summed E-state index contributed by atoms with van der Waals surface area (Å²) in [5.41, 5.74) is 2.60. The Hall–Kier alpha value is -2.77. The number of allylic oxidation sites excluding steroid dienone is 1. The molecule has 8 nitrogen and oxygen atoms in total. The van der Waals surface area contributed by atoms with Gasteiger partial charge in [0.15, 0.2) is 5.78 Å². The molecule has 0 unspecified atom stereocenters. The number of fused-ring (bicyclic) bond motifs is 1. The summed E-state index contributed by atoms with van der Waals surface area (Å²) in [4.78, 5) is 37.2. The van der Waals surface area contributed by atoms with Crippen LogP contribution in [0.5, 0.6) is 5.75 Å². The molecule has 0 aliphatic rings. The molecule has 0 spiro atoms. The summed E-state index contributed by atoms with van der Waals surface area (Å²) in [5, 5.41) is 11.2. The zero-order valence-corrected chi connectivity index (χ0v) is 15.9. The van der Waals surface area contributed by atoms with Crippen LogP contribution in [0, 0.1) is 6.92 Å². The molecule has 0 bridgehead atoms. The van der Waals surface area contributed by atoms with Gasteiger partial charge < -0.3 is 19.9 Å². The highest BCUT2D eigenvalue weighted by molar-refractivity contribution is 7.46. The number of carbonyl (C=O) groups excluding carboxylic acids is 1. The predicted octanol–water partition coefficient (Wildman–Crippen LogP) is 3.01. The van der Waals surface area contributed by atoms with Crippen molar-refractivity contribution in [3.05, 3.63) is 65.1 Å². The smallest absolute Gasteiger partial charge is 0.469 e. The Balaban J connectivity index is 1.81. The van der Waals surface area contributed by atoms with E-state index in [1.54, 1.807) is 13.1 Å². The summed E-state index contributed by atoms with van der Waals surface area (Å²) in [7, 11) is -4.68. The number of benzene rings is 1. The molecule has 4 N–H and O–H groups in total. The maximum absolute atomic E-state index is 12.4. The van der Waals surface area contributed by atoms with E-state index < -0.39 is 14.4 Å². The zero-order chi connectivity index (χ0) is 20.3. The Bertz CT molecular complexity index is 1100. The van der Waals surface area contributed by atoms with Crippen molar-refractivity contribution in [2.75, 3.05) is 0 Å². The van der Waals surface area contributed by atoms with Gasteiger partial charge >= 0.3 is 7.82 Å². The third-order valence-corrected chi connectivity index (χ3v) is 4.69. The lowest BCUT2D eigenvalue weighted by atomic mass is 10.0. The molecule has 2 heterocycles. The Kier molecular flexibility index (Phi) is 5.76. The fourth-order valence-electron chi connectivity index (χ4n) is 2.81. The molecule has 0 aliphatic carbocycles. The van der Waals surface area contributed by atoms with Crippen molar-refractivity contribution in [1.29, 1.82) is 0 Å². The Morgan fingerprint density at radius 2 is 2.04 bits per heavy atom. The van der Waals surface area contributed by atoms with E-state index in [0.29, 0.717) is 5.69 Å². The molecule has 146 valence electrons. The number of carbonyl (C=O) groups is 1. The number of nitrogens with one attached hydrogen (secondary N) is 1. The van der Waals surface area contributed by atoms with Gasteiger partial charge in [-0.3, -0.25) is 14.3 Å². The highest BCUT2D eigenvalue weighted by Crippen LogP contribution is 2.38. The van der Waals surface area contributed by atoms with E-state index in [4.69, 9.17) is 9.79 Å². The molecule has 0 fully saturated rings. The SMILES string of the molecule is Cc1ncc(COP(=O)(O)O)c(/C=C/C(=O)Cc2c[nH]c3ccccc23)c1O. The van der Waals surface area contributed by atoms with Gasteiger partial charge in [-0.2, -0.15) is 0 Å². The van der Waals surface area contributed by atoms with E-state index in [-0.39, 0.29) is 29.1 Å². The van der Waals surface area contributed by atoms with E-state index in [0.717, 1.165) is 16.5 Å². The van der Waals surface area contributed by atoms with Gasteiger partial charge in [-0.05, 0) is 30.7 Å². The molecule has 28 heavy (non-hydrogen) atoms. The first-order valence-electron chi connectivity index (χ1n) is 8.38. The van der Waals surface area contributed by atoms with Crippen LogP contribution in [-0.4, -0.2) is 30.6 Å². The standard InChI is InChI=1S/C19H19N2O6P/c1-12-19(23)17(14(10-20-12)11-27-28(24,25)26)7-6-15(22)8-13-9-21-18-5-3-2-4-16(13)18/h2-7,9-10,21,23H,8,11H2,1H3,(H2,24,25,26)/b7-6+. The average Bonchev–Trinajstić information content (AvgIpc) is 3.04. The minimum Gasteiger partial charge on any atom is -0.505 e. The number of H-pyrrole nitrogens is 1. The van der Waals surface area contributed by atoms with Crippen LogP contribution >= 0.6 is 7.82 Å². The molecule has 0 saturated carbocycles. The van der Waals surface area contributed by atoms with E-state index in [9.17, 15) is 14.5 Å². The second kappa shape index (κ2) is 8.08. The number of aromatic nitrogens is 2. The number of phosphoric acid groups is 1. The Morgan fingerprint density at radius 3 is 2.79 bits per heavy atom. The zero-order valence-electron chi connectivity index (χ0n) is 15.0. The van der Waals surface area contributed by atoms with Gasteiger partial charge in [-0.25, -0.2) is 4.57 Å². The summed E-state index contributed by atoms with van der Waals surface area (Å²) < 4.78 is 15.4. The first-order valence-corrected chi connectivity index (χ1v) is 9.91. The topological polar surface area (TPSA) is 133 Å². The van der Waals surface area contributed by atoms with Crippen molar-refractivity contribution in [3.8, 4) is 5.75 Å². The Morgan fingerprint density at radius 1 is 1.29 bits per heavy atom. The fourth-order valence-corrected chi connectivity index (χ4v) is 3.12. The third kappa shape index (κ3) is 4.74. The van der Waals surface area contributed by atoms with Crippen LogP contribution in [0.4, 0.5) is 0 Å². The molecule has 2 aromatic heterocycles. The average molecular weight is 402 g/mol. The van der Waals surface area contributed by atoms with Crippen LogP contribution in [0.15, 0.2) is 42.7 Å². The summed E-state index contributed by atoms with van der Waals surface area (Å²) in [6.45, 7) is 1.12. The van der Waals surface area contributed by atoms with E-state index in [1.807, 2.05) is 24.3 Å². The largest absolute Gasteiger partial charge is 0.505 e. The second-order valence-electron chi connectivity index (χ2n) is 6.23. The number of pyridine rings is 1. The number of nitrogens with zero attached hydrogens (tertiary/aromatic N) is 1. The van der Waals surface area contributed by atoms with Crippen LogP contribution in [0.3, 0.4) is 0 Å². The maximum Gasteiger partial charge on any atom is 0.469 e. The van der Waals surface area contributed by atoms with Crippen LogP contribution in [0.1, 0.15) is 22.4 Å². The second-order valence-corrected chi connectivity index (χ2v) is 7.47. The lowest BCUT2D eigenvalue weighted by Gasteiger charge is -2.11.